The molecular weight excluding hydrogens is 254 g/mol. The van der Waals surface area contributed by atoms with E-state index in [1.807, 2.05) is 0 Å². The van der Waals surface area contributed by atoms with E-state index in [0.29, 0.717) is 0 Å². The van der Waals surface area contributed by atoms with Gasteiger partial charge >= 0.3 is 6.18 Å². The van der Waals surface area contributed by atoms with Gasteiger partial charge in [0.25, 0.3) is 0 Å². The molecule has 2 N–H and O–H groups in total. The summed E-state index contributed by atoms with van der Waals surface area (Å²) in [7, 11) is 0. The standard InChI is InChI=1S/C8H6Cl2F3NO/c9-4-1-5(10)7(6(14)2-4)15-3-8(11,12)13/h1-2H,3,14H2. The highest BCUT2D eigenvalue weighted by Crippen LogP contribution is 2.35. The highest BCUT2D eigenvalue weighted by Gasteiger charge is 2.29. The van der Waals surface area contributed by atoms with Gasteiger partial charge < -0.3 is 10.5 Å². The van der Waals surface area contributed by atoms with Crippen molar-refractivity contribution in [1.29, 1.82) is 0 Å². The number of hydrogen-bond donors (Lipinski definition) is 1. The lowest BCUT2D eigenvalue weighted by Crippen LogP contribution is -2.19. The number of hydrogen-bond acceptors (Lipinski definition) is 2. The minimum absolute atomic E-state index is 0.0308. The van der Waals surface area contributed by atoms with Crippen LogP contribution in [0.2, 0.25) is 10.0 Å². The van der Waals surface area contributed by atoms with E-state index in [1.165, 1.54) is 12.1 Å². The molecule has 84 valence electrons. The maximum absolute atomic E-state index is 11.8. The zero-order valence-electron chi connectivity index (χ0n) is 7.24. The highest BCUT2D eigenvalue weighted by atomic mass is 35.5. The van der Waals surface area contributed by atoms with Gasteiger partial charge in [0.1, 0.15) is 0 Å². The first-order valence-electron chi connectivity index (χ1n) is 3.73. The predicted octanol–water partition coefficient (Wildman–Crippen LogP) is 3.52. The molecule has 0 spiro atoms. The molecule has 1 rings (SSSR count). The monoisotopic (exact) mass is 259 g/mol. The molecule has 0 unspecified atom stereocenters. The minimum atomic E-state index is -4.44. The molecular formula is C8H6Cl2F3NO. The quantitative estimate of drug-likeness (QED) is 0.825. The summed E-state index contributed by atoms with van der Waals surface area (Å²) in [5, 5.41) is 0.182. The normalized spacial score (nSPS) is 11.5. The molecule has 0 saturated heterocycles. The molecule has 0 aliphatic heterocycles. The third-order valence-corrected chi connectivity index (χ3v) is 1.92. The van der Waals surface area contributed by atoms with Gasteiger partial charge in [-0.25, -0.2) is 0 Å². The van der Waals surface area contributed by atoms with E-state index < -0.39 is 12.8 Å². The van der Waals surface area contributed by atoms with Crippen molar-refractivity contribution in [3.8, 4) is 5.75 Å². The fourth-order valence-corrected chi connectivity index (χ4v) is 1.45. The van der Waals surface area contributed by atoms with E-state index in [1.54, 1.807) is 0 Å². The maximum atomic E-state index is 11.8. The topological polar surface area (TPSA) is 35.2 Å². The van der Waals surface area contributed by atoms with Crippen LogP contribution < -0.4 is 10.5 Å². The van der Waals surface area contributed by atoms with Crippen LogP contribution in [0, 0.1) is 0 Å². The van der Waals surface area contributed by atoms with Crippen LogP contribution in [0.3, 0.4) is 0 Å². The first-order valence-corrected chi connectivity index (χ1v) is 4.49. The molecule has 0 saturated carbocycles. The largest absolute Gasteiger partial charge is 0.480 e. The second kappa shape index (κ2) is 4.37. The number of rotatable bonds is 2. The van der Waals surface area contributed by atoms with E-state index in [0.717, 1.165) is 0 Å². The van der Waals surface area contributed by atoms with Crippen molar-refractivity contribution in [2.75, 3.05) is 12.3 Å². The molecule has 0 bridgehead atoms. The number of nitrogen functional groups attached to an aromatic ring is 1. The van der Waals surface area contributed by atoms with Crippen LogP contribution in [-0.4, -0.2) is 12.8 Å². The third kappa shape index (κ3) is 3.68. The van der Waals surface area contributed by atoms with E-state index in [9.17, 15) is 13.2 Å². The van der Waals surface area contributed by atoms with Crippen molar-refractivity contribution in [3.63, 3.8) is 0 Å². The molecule has 0 aromatic heterocycles. The lowest BCUT2D eigenvalue weighted by molar-refractivity contribution is -0.153. The Bertz CT molecular complexity index is 344. The van der Waals surface area contributed by atoms with Crippen molar-refractivity contribution < 1.29 is 17.9 Å². The number of alkyl halides is 3. The third-order valence-electron chi connectivity index (χ3n) is 1.42. The Balaban J connectivity index is 2.86. The number of benzene rings is 1. The van der Waals surface area contributed by atoms with Gasteiger partial charge in [-0.15, -0.1) is 0 Å². The molecule has 0 heterocycles. The van der Waals surface area contributed by atoms with Crippen LogP contribution in [0.1, 0.15) is 0 Å². The molecule has 0 aliphatic carbocycles. The van der Waals surface area contributed by atoms with Crippen LogP contribution in [0.4, 0.5) is 18.9 Å². The first-order chi connectivity index (χ1) is 6.79. The summed E-state index contributed by atoms with van der Waals surface area (Å²) in [6.45, 7) is -1.45. The van der Waals surface area contributed by atoms with Crippen LogP contribution in [0.15, 0.2) is 12.1 Å². The Morgan fingerprint density at radius 3 is 2.33 bits per heavy atom. The number of nitrogens with two attached hydrogens (primary N) is 1. The van der Waals surface area contributed by atoms with Gasteiger partial charge in [-0.3, -0.25) is 0 Å². The average Bonchev–Trinajstić information content (AvgIpc) is 1.99. The zero-order valence-corrected chi connectivity index (χ0v) is 8.75. The number of halogens is 5. The second-order valence-corrected chi connectivity index (χ2v) is 3.55. The van der Waals surface area contributed by atoms with Crippen molar-refractivity contribution in [3.05, 3.63) is 22.2 Å². The molecule has 0 amide bonds. The smallest absolute Gasteiger partial charge is 0.422 e. The molecule has 0 radical (unpaired) electrons. The Labute approximate surface area is 93.7 Å². The average molecular weight is 260 g/mol. The summed E-state index contributed by atoms with van der Waals surface area (Å²) in [5.41, 5.74) is 5.36. The second-order valence-electron chi connectivity index (χ2n) is 2.71. The summed E-state index contributed by atoms with van der Waals surface area (Å²) in [5.74, 6) is -0.210. The first kappa shape index (κ1) is 12.3. The predicted molar refractivity (Wildman–Crippen MR) is 52.4 cm³/mol. The van der Waals surface area contributed by atoms with Gasteiger partial charge in [-0.2, -0.15) is 13.2 Å². The fraction of sp³-hybridized carbons (Fsp3) is 0.250. The SMILES string of the molecule is Nc1cc(Cl)cc(Cl)c1OCC(F)(F)F. The number of anilines is 1. The summed E-state index contributed by atoms with van der Waals surface area (Å²) < 4.78 is 40.0. The van der Waals surface area contributed by atoms with Crippen LogP contribution in [0.25, 0.3) is 0 Å². The van der Waals surface area contributed by atoms with E-state index >= 15 is 0 Å². The fourth-order valence-electron chi connectivity index (χ4n) is 0.887. The molecule has 2 nitrogen and oxygen atoms in total. The molecule has 0 atom stereocenters. The summed E-state index contributed by atoms with van der Waals surface area (Å²) in [6, 6.07) is 2.52. The summed E-state index contributed by atoms with van der Waals surface area (Å²) >= 11 is 11.2. The minimum Gasteiger partial charge on any atom is -0.480 e. The lowest BCUT2D eigenvalue weighted by Gasteiger charge is -2.12. The highest BCUT2D eigenvalue weighted by molar-refractivity contribution is 6.36. The van der Waals surface area contributed by atoms with Gasteiger partial charge in [0, 0.05) is 5.02 Å². The van der Waals surface area contributed by atoms with Gasteiger partial charge in [0.2, 0.25) is 0 Å². The maximum Gasteiger partial charge on any atom is 0.422 e. The Kier molecular flexibility index (Phi) is 3.57. The van der Waals surface area contributed by atoms with Crippen molar-refractivity contribution >= 4 is 28.9 Å². The van der Waals surface area contributed by atoms with Gasteiger partial charge in [-0.1, -0.05) is 23.2 Å². The van der Waals surface area contributed by atoms with E-state index in [-0.39, 0.29) is 21.5 Å². The van der Waals surface area contributed by atoms with Crippen molar-refractivity contribution in [1.82, 2.24) is 0 Å². The molecule has 1 aromatic rings. The van der Waals surface area contributed by atoms with Crippen LogP contribution in [-0.2, 0) is 0 Å². The van der Waals surface area contributed by atoms with Crippen LogP contribution in [0.5, 0.6) is 5.75 Å². The Morgan fingerprint density at radius 1 is 1.27 bits per heavy atom. The van der Waals surface area contributed by atoms with Gasteiger partial charge in [0.15, 0.2) is 12.4 Å². The summed E-state index contributed by atoms with van der Waals surface area (Å²) in [4.78, 5) is 0. The van der Waals surface area contributed by atoms with Gasteiger partial charge in [0.05, 0.1) is 10.7 Å². The molecule has 0 fully saturated rings. The lowest BCUT2D eigenvalue weighted by atomic mass is 10.3. The van der Waals surface area contributed by atoms with E-state index in [4.69, 9.17) is 28.9 Å². The zero-order chi connectivity index (χ0) is 11.6. The van der Waals surface area contributed by atoms with Crippen molar-refractivity contribution in [2.24, 2.45) is 0 Å². The molecule has 7 heteroatoms. The molecule has 1 aromatic carbocycles. The number of ether oxygens (including phenoxy) is 1. The molecule has 0 aliphatic rings. The van der Waals surface area contributed by atoms with Crippen molar-refractivity contribution in [2.45, 2.75) is 6.18 Å². The van der Waals surface area contributed by atoms with Gasteiger partial charge in [-0.05, 0) is 12.1 Å². The Hall–Kier alpha value is -0.810. The van der Waals surface area contributed by atoms with Crippen LogP contribution >= 0.6 is 23.2 Å². The van der Waals surface area contributed by atoms with E-state index in [2.05, 4.69) is 4.74 Å². The summed E-state index contributed by atoms with van der Waals surface area (Å²) in [6.07, 6.45) is -4.44. The Morgan fingerprint density at radius 2 is 1.87 bits per heavy atom. The molecule has 15 heavy (non-hydrogen) atoms.